The molecule has 2 aromatic rings. The van der Waals surface area contributed by atoms with Crippen LogP contribution in [0.4, 0.5) is 14.5 Å². The number of hydrogen-bond acceptors (Lipinski definition) is 3. The van der Waals surface area contributed by atoms with Gasteiger partial charge in [0.15, 0.2) is 9.84 Å². The standard InChI is InChI=1S/C13H11F2NO2S/c14-10-5-9(6-11(15)7-10)8-19(17,18)13-3-1-12(16)2-4-13/h1-7H,8,16H2. The first-order valence-electron chi connectivity index (χ1n) is 5.40. The summed E-state index contributed by atoms with van der Waals surface area (Å²) in [7, 11) is -3.65. The van der Waals surface area contributed by atoms with Crippen LogP contribution in [-0.2, 0) is 15.6 Å². The van der Waals surface area contributed by atoms with E-state index in [0.29, 0.717) is 11.8 Å². The number of hydrogen-bond donors (Lipinski definition) is 1. The third-order valence-corrected chi connectivity index (χ3v) is 4.22. The molecule has 2 N–H and O–H groups in total. The number of nitrogens with two attached hydrogens (primary N) is 1. The predicted molar refractivity (Wildman–Crippen MR) is 68.1 cm³/mol. The van der Waals surface area contributed by atoms with Crippen LogP contribution in [0.5, 0.6) is 0 Å². The number of nitrogen functional groups attached to an aromatic ring is 1. The van der Waals surface area contributed by atoms with Gasteiger partial charge in [0.2, 0.25) is 0 Å². The first-order valence-corrected chi connectivity index (χ1v) is 7.05. The van der Waals surface area contributed by atoms with E-state index in [9.17, 15) is 17.2 Å². The Kier molecular flexibility index (Phi) is 3.53. The molecule has 0 unspecified atom stereocenters. The van der Waals surface area contributed by atoms with Crippen molar-refractivity contribution in [3.8, 4) is 0 Å². The second-order valence-electron chi connectivity index (χ2n) is 4.11. The Bertz CT molecular complexity index is 677. The van der Waals surface area contributed by atoms with Crippen LogP contribution in [0, 0.1) is 11.6 Å². The second-order valence-corrected chi connectivity index (χ2v) is 6.10. The summed E-state index contributed by atoms with van der Waals surface area (Å²) in [5, 5.41) is 0. The third kappa shape index (κ3) is 3.29. The van der Waals surface area contributed by atoms with Gasteiger partial charge in [-0.1, -0.05) is 0 Å². The van der Waals surface area contributed by atoms with Gasteiger partial charge in [-0.3, -0.25) is 0 Å². The third-order valence-electron chi connectivity index (χ3n) is 2.52. The minimum absolute atomic E-state index is 0.0615. The lowest BCUT2D eigenvalue weighted by Crippen LogP contribution is -2.05. The van der Waals surface area contributed by atoms with Gasteiger partial charge in [0, 0.05) is 11.8 Å². The topological polar surface area (TPSA) is 60.2 Å². The minimum Gasteiger partial charge on any atom is -0.399 e. The van der Waals surface area contributed by atoms with Crippen LogP contribution in [0.25, 0.3) is 0 Å². The SMILES string of the molecule is Nc1ccc(S(=O)(=O)Cc2cc(F)cc(F)c2)cc1. The summed E-state index contributed by atoms with van der Waals surface area (Å²) in [6.45, 7) is 0. The van der Waals surface area contributed by atoms with Crippen molar-refractivity contribution in [3.63, 3.8) is 0 Å². The van der Waals surface area contributed by atoms with Crippen molar-refractivity contribution < 1.29 is 17.2 Å². The lowest BCUT2D eigenvalue weighted by molar-refractivity contribution is 0.579. The van der Waals surface area contributed by atoms with Crippen molar-refractivity contribution in [1.82, 2.24) is 0 Å². The average molecular weight is 283 g/mol. The van der Waals surface area contributed by atoms with E-state index in [-0.39, 0.29) is 10.5 Å². The zero-order valence-electron chi connectivity index (χ0n) is 9.81. The van der Waals surface area contributed by atoms with Gasteiger partial charge in [-0.05, 0) is 42.0 Å². The molecule has 0 aromatic heterocycles. The van der Waals surface area contributed by atoms with Crippen LogP contribution in [0.1, 0.15) is 5.56 Å². The van der Waals surface area contributed by atoms with Crippen LogP contribution in [0.15, 0.2) is 47.4 Å². The summed E-state index contributed by atoms with van der Waals surface area (Å²) in [5.74, 6) is -2.07. The van der Waals surface area contributed by atoms with Crippen LogP contribution in [0.2, 0.25) is 0 Å². The molecule has 0 aliphatic heterocycles. The quantitative estimate of drug-likeness (QED) is 0.880. The summed E-state index contributed by atoms with van der Waals surface area (Å²) in [6, 6.07) is 8.33. The van der Waals surface area contributed by atoms with E-state index in [1.165, 1.54) is 24.3 Å². The van der Waals surface area contributed by atoms with Crippen molar-refractivity contribution in [2.24, 2.45) is 0 Å². The lowest BCUT2D eigenvalue weighted by atomic mass is 10.2. The van der Waals surface area contributed by atoms with Crippen LogP contribution >= 0.6 is 0 Å². The first kappa shape index (κ1) is 13.5. The molecule has 6 heteroatoms. The highest BCUT2D eigenvalue weighted by molar-refractivity contribution is 7.90. The fourth-order valence-electron chi connectivity index (χ4n) is 1.67. The van der Waals surface area contributed by atoms with Gasteiger partial charge >= 0.3 is 0 Å². The summed E-state index contributed by atoms with van der Waals surface area (Å²) in [4.78, 5) is 0.0615. The summed E-state index contributed by atoms with van der Waals surface area (Å²) < 4.78 is 50.1. The molecule has 0 heterocycles. The molecule has 0 fully saturated rings. The van der Waals surface area contributed by atoms with Crippen LogP contribution in [0.3, 0.4) is 0 Å². The van der Waals surface area contributed by atoms with Crippen molar-refractivity contribution in [3.05, 3.63) is 59.7 Å². The smallest absolute Gasteiger partial charge is 0.182 e. The predicted octanol–water partition coefficient (Wildman–Crippen LogP) is 2.52. The van der Waals surface area contributed by atoms with Crippen molar-refractivity contribution in [1.29, 1.82) is 0 Å². The summed E-state index contributed by atoms with van der Waals surface area (Å²) in [5.41, 5.74) is 5.97. The Labute approximate surface area is 109 Å². The second kappa shape index (κ2) is 4.97. The van der Waals surface area contributed by atoms with E-state index in [1.54, 1.807) is 0 Å². The largest absolute Gasteiger partial charge is 0.399 e. The van der Waals surface area contributed by atoms with E-state index in [1.807, 2.05) is 0 Å². The number of anilines is 1. The van der Waals surface area contributed by atoms with E-state index in [2.05, 4.69) is 0 Å². The van der Waals surface area contributed by atoms with Crippen LogP contribution < -0.4 is 5.73 Å². The molecule has 0 saturated heterocycles. The molecule has 19 heavy (non-hydrogen) atoms. The van der Waals surface area contributed by atoms with Crippen molar-refractivity contribution in [2.45, 2.75) is 10.6 Å². The van der Waals surface area contributed by atoms with Gasteiger partial charge in [-0.25, -0.2) is 17.2 Å². The molecular weight excluding hydrogens is 272 g/mol. The molecule has 0 aliphatic carbocycles. The highest BCUT2D eigenvalue weighted by atomic mass is 32.2. The molecule has 0 atom stereocenters. The molecule has 0 spiro atoms. The number of rotatable bonds is 3. The number of halogens is 2. The Hall–Kier alpha value is -1.95. The fourth-order valence-corrected chi connectivity index (χ4v) is 3.00. The molecule has 100 valence electrons. The van der Waals surface area contributed by atoms with Gasteiger partial charge in [-0.2, -0.15) is 0 Å². The molecular formula is C13H11F2NO2S. The van der Waals surface area contributed by atoms with Gasteiger partial charge in [-0.15, -0.1) is 0 Å². The fraction of sp³-hybridized carbons (Fsp3) is 0.0769. The van der Waals surface area contributed by atoms with E-state index in [0.717, 1.165) is 12.1 Å². The van der Waals surface area contributed by atoms with E-state index >= 15 is 0 Å². The Morgan fingerprint density at radius 1 is 0.947 bits per heavy atom. The maximum Gasteiger partial charge on any atom is 0.182 e. The molecule has 3 nitrogen and oxygen atoms in total. The average Bonchev–Trinajstić information content (AvgIpc) is 2.27. The van der Waals surface area contributed by atoms with Crippen molar-refractivity contribution >= 4 is 15.5 Å². The Morgan fingerprint density at radius 2 is 1.47 bits per heavy atom. The van der Waals surface area contributed by atoms with Crippen LogP contribution in [-0.4, -0.2) is 8.42 Å². The first-order chi connectivity index (χ1) is 8.87. The minimum atomic E-state index is -3.65. The van der Waals surface area contributed by atoms with E-state index < -0.39 is 27.2 Å². The maximum atomic E-state index is 13.0. The Morgan fingerprint density at radius 3 is 2.00 bits per heavy atom. The number of benzene rings is 2. The van der Waals surface area contributed by atoms with E-state index in [4.69, 9.17) is 5.73 Å². The highest BCUT2D eigenvalue weighted by Gasteiger charge is 2.16. The molecule has 0 amide bonds. The summed E-state index contributed by atoms with van der Waals surface area (Å²) >= 11 is 0. The highest BCUT2D eigenvalue weighted by Crippen LogP contribution is 2.19. The molecule has 0 saturated carbocycles. The van der Waals surface area contributed by atoms with Gasteiger partial charge in [0.1, 0.15) is 11.6 Å². The van der Waals surface area contributed by atoms with Gasteiger partial charge in [0.25, 0.3) is 0 Å². The Balaban J connectivity index is 2.33. The van der Waals surface area contributed by atoms with Gasteiger partial charge in [0.05, 0.1) is 10.6 Å². The molecule has 0 aliphatic rings. The lowest BCUT2D eigenvalue weighted by Gasteiger charge is -2.05. The summed E-state index contributed by atoms with van der Waals surface area (Å²) in [6.07, 6.45) is 0. The zero-order valence-corrected chi connectivity index (χ0v) is 10.6. The molecule has 2 rings (SSSR count). The monoisotopic (exact) mass is 283 g/mol. The van der Waals surface area contributed by atoms with Gasteiger partial charge < -0.3 is 5.73 Å². The molecule has 0 bridgehead atoms. The molecule has 0 radical (unpaired) electrons. The molecule has 2 aromatic carbocycles. The number of sulfone groups is 1. The zero-order chi connectivity index (χ0) is 14.0. The maximum absolute atomic E-state index is 13.0. The van der Waals surface area contributed by atoms with Crippen molar-refractivity contribution in [2.75, 3.05) is 5.73 Å². The normalized spacial score (nSPS) is 11.5.